The number of esters is 1. The molecular weight excluding hydrogens is 252 g/mol. The molecule has 0 bridgehead atoms. The molecule has 0 amide bonds. The average molecular weight is 284 g/mol. The highest BCUT2D eigenvalue weighted by Gasteiger charge is 2.37. The zero-order chi connectivity index (χ0) is 15.2. The fourth-order valence-electron chi connectivity index (χ4n) is 3.32. The second kappa shape index (κ2) is 7.99. The molecule has 4 nitrogen and oxygen atoms in total. The molecule has 1 aliphatic rings. The highest BCUT2D eigenvalue weighted by molar-refractivity contribution is 5.80. The Bertz CT molecular complexity index is 299. The lowest BCUT2D eigenvalue weighted by molar-refractivity contribution is -0.149. The quantitative estimate of drug-likeness (QED) is 0.761. The van der Waals surface area contributed by atoms with Crippen molar-refractivity contribution in [3.8, 4) is 0 Å². The van der Waals surface area contributed by atoms with Crippen LogP contribution >= 0.6 is 0 Å². The first-order chi connectivity index (χ1) is 9.39. The van der Waals surface area contributed by atoms with Crippen LogP contribution in [0.1, 0.15) is 59.8 Å². The Kier molecular flexibility index (Phi) is 6.96. The molecule has 1 heterocycles. The molecule has 1 N–H and O–H groups in total. The van der Waals surface area contributed by atoms with Crippen LogP contribution in [0.5, 0.6) is 0 Å². The molecule has 0 aromatic carbocycles. The molecule has 4 heteroatoms. The summed E-state index contributed by atoms with van der Waals surface area (Å²) >= 11 is 0. The lowest BCUT2D eigenvalue weighted by Gasteiger charge is -2.36. The lowest BCUT2D eigenvalue weighted by Crippen LogP contribution is -2.56. The zero-order valence-corrected chi connectivity index (χ0v) is 13.9. The van der Waals surface area contributed by atoms with Crippen molar-refractivity contribution in [2.45, 2.75) is 77.4 Å². The van der Waals surface area contributed by atoms with Gasteiger partial charge in [-0.25, -0.2) is 0 Å². The van der Waals surface area contributed by atoms with Gasteiger partial charge in [-0.05, 0) is 60.0 Å². The summed E-state index contributed by atoms with van der Waals surface area (Å²) in [5, 5.41) is 3.39. The predicted octanol–water partition coefficient (Wildman–Crippen LogP) is 2.57. The molecule has 1 fully saturated rings. The van der Waals surface area contributed by atoms with Crippen molar-refractivity contribution >= 4 is 5.97 Å². The van der Waals surface area contributed by atoms with Crippen LogP contribution in [0.15, 0.2) is 0 Å². The van der Waals surface area contributed by atoms with Crippen LogP contribution in [0.2, 0.25) is 0 Å². The van der Waals surface area contributed by atoms with Gasteiger partial charge in [0.25, 0.3) is 0 Å². The summed E-state index contributed by atoms with van der Waals surface area (Å²) in [5.41, 5.74) is -0.603. The van der Waals surface area contributed by atoms with Gasteiger partial charge in [0.15, 0.2) is 0 Å². The molecule has 0 aromatic heterocycles. The summed E-state index contributed by atoms with van der Waals surface area (Å²) in [7, 11) is 1.47. The van der Waals surface area contributed by atoms with E-state index < -0.39 is 5.54 Å². The van der Waals surface area contributed by atoms with E-state index in [9.17, 15) is 4.79 Å². The van der Waals surface area contributed by atoms with Crippen molar-refractivity contribution < 1.29 is 9.53 Å². The minimum atomic E-state index is -0.603. The fraction of sp³-hybridized carbons (Fsp3) is 0.938. The van der Waals surface area contributed by atoms with Crippen molar-refractivity contribution in [3.05, 3.63) is 0 Å². The van der Waals surface area contributed by atoms with Gasteiger partial charge < -0.3 is 9.64 Å². The Morgan fingerprint density at radius 3 is 2.20 bits per heavy atom. The van der Waals surface area contributed by atoms with E-state index in [1.807, 2.05) is 6.92 Å². The van der Waals surface area contributed by atoms with Crippen LogP contribution in [-0.2, 0) is 9.53 Å². The van der Waals surface area contributed by atoms with Crippen molar-refractivity contribution in [1.29, 1.82) is 0 Å². The first kappa shape index (κ1) is 17.4. The molecule has 2 unspecified atom stereocenters. The highest BCUT2D eigenvalue weighted by atomic mass is 16.5. The van der Waals surface area contributed by atoms with Gasteiger partial charge in [0, 0.05) is 12.1 Å². The molecule has 118 valence electrons. The number of rotatable bonds is 6. The first-order valence-electron chi connectivity index (χ1n) is 7.99. The minimum Gasteiger partial charge on any atom is -0.468 e. The van der Waals surface area contributed by atoms with Gasteiger partial charge in [-0.1, -0.05) is 12.8 Å². The maximum Gasteiger partial charge on any atom is 0.325 e. The molecule has 0 spiro atoms. The summed E-state index contributed by atoms with van der Waals surface area (Å²) in [6.45, 7) is 10.6. The SMILES string of the molecule is COC(=O)C(C)(CC(C)N1CCCCCC1)NC(C)C. The van der Waals surface area contributed by atoms with E-state index in [-0.39, 0.29) is 12.0 Å². The standard InChI is InChI=1S/C16H32N2O2/c1-13(2)17-16(4,15(19)20-5)12-14(3)18-10-8-6-7-9-11-18/h13-14,17H,6-12H2,1-5H3. The minimum absolute atomic E-state index is 0.159. The third kappa shape index (κ3) is 5.06. The van der Waals surface area contributed by atoms with Crippen LogP contribution in [0, 0.1) is 0 Å². The van der Waals surface area contributed by atoms with Crippen molar-refractivity contribution in [1.82, 2.24) is 10.2 Å². The third-order valence-corrected chi connectivity index (χ3v) is 4.21. The van der Waals surface area contributed by atoms with E-state index in [0.29, 0.717) is 6.04 Å². The molecule has 0 radical (unpaired) electrons. The Morgan fingerprint density at radius 2 is 1.75 bits per heavy atom. The Labute approximate surface area is 124 Å². The van der Waals surface area contributed by atoms with Crippen molar-refractivity contribution in [3.63, 3.8) is 0 Å². The molecule has 1 aliphatic heterocycles. The first-order valence-corrected chi connectivity index (χ1v) is 7.99. The molecule has 0 aliphatic carbocycles. The Hall–Kier alpha value is -0.610. The molecule has 20 heavy (non-hydrogen) atoms. The molecule has 1 saturated heterocycles. The summed E-state index contributed by atoms with van der Waals surface area (Å²) < 4.78 is 5.01. The highest BCUT2D eigenvalue weighted by Crippen LogP contribution is 2.21. The van der Waals surface area contributed by atoms with Crippen LogP contribution in [0.4, 0.5) is 0 Å². The van der Waals surface area contributed by atoms with E-state index in [1.165, 1.54) is 32.8 Å². The number of hydrogen-bond acceptors (Lipinski definition) is 4. The topological polar surface area (TPSA) is 41.6 Å². The predicted molar refractivity (Wildman–Crippen MR) is 82.8 cm³/mol. The second-order valence-corrected chi connectivity index (χ2v) is 6.63. The van der Waals surface area contributed by atoms with Gasteiger partial charge in [-0.3, -0.25) is 10.1 Å². The summed E-state index contributed by atoms with van der Waals surface area (Å²) in [4.78, 5) is 14.7. The van der Waals surface area contributed by atoms with Crippen LogP contribution in [-0.4, -0.2) is 48.7 Å². The normalized spacial score (nSPS) is 22.1. The monoisotopic (exact) mass is 284 g/mol. The molecule has 2 atom stereocenters. The maximum atomic E-state index is 12.2. The van der Waals surface area contributed by atoms with Gasteiger partial charge in [0.1, 0.15) is 5.54 Å². The van der Waals surface area contributed by atoms with E-state index in [0.717, 1.165) is 19.5 Å². The van der Waals surface area contributed by atoms with E-state index in [2.05, 4.69) is 31.0 Å². The number of carbonyl (C=O) groups is 1. The Morgan fingerprint density at radius 1 is 1.20 bits per heavy atom. The lowest BCUT2D eigenvalue weighted by atomic mass is 9.91. The van der Waals surface area contributed by atoms with Gasteiger partial charge in [0.2, 0.25) is 0 Å². The smallest absolute Gasteiger partial charge is 0.325 e. The van der Waals surface area contributed by atoms with Crippen LogP contribution < -0.4 is 5.32 Å². The van der Waals surface area contributed by atoms with E-state index >= 15 is 0 Å². The van der Waals surface area contributed by atoms with Gasteiger partial charge in [-0.2, -0.15) is 0 Å². The fourth-order valence-corrected chi connectivity index (χ4v) is 3.32. The largest absolute Gasteiger partial charge is 0.468 e. The van der Waals surface area contributed by atoms with Gasteiger partial charge in [-0.15, -0.1) is 0 Å². The third-order valence-electron chi connectivity index (χ3n) is 4.21. The number of methoxy groups -OCH3 is 1. The Balaban J connectivity index is 2.69. The van der Waals surface area contributed by atoms with E-state index in [1.54, 1.807) is 0 Å². The summed E-state index contributed by atoms with van der Waals surface area (Å²) in [6, 6.07) is 0.652. The number of hydrogen-bond donors (Lipinski definition) is 1. The van der Waals surface area contributed by atoms with Crippen LogP contribution in [0.25, 0.3) is 0 Å². The van der Waals surface area contributed by atoms with Crippen molar-refractivity contribution in [2.75, 3.05) is 20.2 Å². The summed E-state index contributed by atoms with van der Waals surface area (Å²) in [6.07, 6.45) is 6.01. The average Bonchev–Trinajstić information content (AvgIpc) is 2.65. The summed E-state index contributed by atoms with van der Waals surface area (Å²) in [5.74, 6) is -0.159. The number of carbonyl (C=O) groups excluding carboxylic acids is 1. The number of nitrogens with zero attached hydrogens (tertiary/aromatic N) is 1. The zero-order valence-electron chi connectivity index (χ0n) is 13.9. The maximum absolute atomic E-state index is 12.2. The molecular formula is C16H32N2O2. The van der Waals surface area contributed by atoms with Crippen molar-refractivity contribution in [2.24, 2.45) is 0 Å². The van der Waals surface area contributed by atoms with E-state index in [4.69, 9.17) is 4.74 Å². The molecule has 1 rings (SSSR count). The van der Waals surface area contributed by atoms with Gasteiger partial charge >= 0.3 is 5.97 Å². The number of ether oxygens (including phenoxy) is 1. The molecule has 0 aromatic rings. The second-order valence-electron chi connectivity index (χ2n) is 6.63. The van der Waals surface area contributed by atoms with Crippen LogP contribution in [0.3, 0.4) is 0 Å². The number of likely N-dealkylation sites (tertiary alicyclic amines) is 1. The molecule has 0 saturated carbocycles. The number of nitrogens with one attached hydrogen (secondary N) is 1. The van der Waals surface area contributed by atoms with Gasteiger partial charge in [0.05, 0.1) is 7.11 Å².